The number of hydrogen-bond acceptors (Lipinski definition) is 3. The predicted octanol–water partition coefficient (Wildman–Crippen LogP) is 2.62. The molecule has 1 saturated heterocycles. The number of carbonyl (C=O) groups is 3. The highest BCUT2D eigenvalue weighted by Crippen LogP contribution is 2.23. The summed E-state index contributed by atoms with van der Waals surface area (Å²) in [7, 11) is 1.91. The smallest absolute Gasteiger partial charge is 0.335 e. The van der Waals surface area contributed by atoms with Crippen LogP contribution in [-0.4, -0.2) is 22.4 Å². The molecule has 2 heterocycles. The van der Waals surface area contributed by atoms with Crippen LogP contribution in [0.3, 0.4) is 0 Å². The van der Waals surface area contributed by atoms with E-state index in [0.717, 1.165) is 27.4 Å². The van der Waals surface area contributed by atoms with Crippen LogP contribution < -0.4 is 10.2 Å². The molecule has 2 aromatic rings. The number of nitrogens with one attached hydrogen (secondary N) is 1. The predicted molar refractivity (Wildman–Crippen MR) is 95.1 cm³/mol. The number of carbonyl (C=O) groups excluding carboxylic acids is 3. The van der Waals surface area contributed by atoms with Crippen LogP contribution >= 0.6 is 0 Å². The lowest BCUT2D eigenvalue weighted by molar-refractivity contribution is -0.122. The van der Waals surface area contributed by atoms with Crippen LogP contribution in [0.15, 0.2) is 35.9 Å². The third kappa shape index (κ3) is 2.87. The second kappa shape index (κ2) is 6.05. The number of amides is 4. The molecule has 4 amide bonds. The van der Waals surface area contributed by atoms with Gasteiger partial charge in [0.1, 0.15) is 5.57 Å². The van der Waals surface area contributed by atoms with Crippen molar-refractivity contribution in [3.63, 3.8) is 0 Å². The molecule has 3 rings (SSSR count). The molecule has 0 unspecified atom stereocenters. The molecule has 0 radical (unpaired) electrons. The summed E-state index contributed by atoms with van der Waals surface area (Å²) < 4.78 is 1.97. The first kappa shape index (κ1) is 16.7. The van der Waals surface area contributed by atoms with Crippen molar-refractivity contribution in [2.75, 3.05) is 4.90 Å². The highest BCUT2D eigenvalue weighted by atomic mass is 16.2. The topological polar surface area (TPSA) is 71.4 Å². The number of aryl methyl sites for hydroxylation is 2. The van der Waals surface area contributed by atoms with Gasteiger partial charge >= 0.3 is 6.03 Å². The molecule has 1 N–H and O–H groups in total. The van der Waals surface area contributed by atoms with Gasteiger partial charge < -0.3 is 4.57 Å². The van der Waals surface area contributed by atoms with Crippen molar-refractivity contribution in [1.82, 2.24) is 9.88 Å². The SMILES string of the molecule is Cc1ccc(N2C(=O)NC(=O)C(=Cc3cc(C)n(C)c3C)C2=O)cc1. The average molecular weight is 337 g/mol. The summed E-state index contributed by atoms with van der Waals surface area (Å²) in [5.74, 6) is -1.31. The van der Waals surface area contributed by atoms with Crippen LogP contribution in [0.5, 0.6) is 0 Å². The zero-order chi connectivity index (χ0) is 18.3. The molecule has 6 heteroatoms. The zero-order valence-corrected chi connectivity index (χ0v) is 14.6. The van der Waals surface area contributed by atoms with E-state index in [4.69, 9.17) is 0 Å². The first-order chi connectivity index (χ1) is 11.8. The molecule has 1 aromatic carbocycles. The van der Waals surface area contributed by atoms with Gasteiger partial charge in [-0.25, -0.2) is 9.69 Å². The van der Waals surface area contributed by atoms with Gasteiger partial charge in [0.05, 0.1) is 5.69 Å². The van der Waals surface area contributed by atoms with E-state index in [9.17, 15) is 14.4 Å². The fourth-order valence-corrected chi connectivity index (χ4v) is 2.77. The maximum Gasteiger partial charge on any atom is 0.335 e. The minimum atomic E-state index is -0.739. The Hall–Kier alpha value is -3.15. The standard InChI is InChI=1S/C19H19N3O3/c1-11-5-7-15(8-6-11)22-18(24)16(17(23)20-19(22)25)10-14-9-12(2)21(4)13(14)3/h5-10H,1-4H3,(H,20,23,25). The fourth-order valence-electron chi connectivity index (χ4n) is 2.77. The Morgan fingerprint density at radius 2 is 1.64 bits per heavy atom. The van der Waals surface area contributed by atoms with Gasteiger partial charge in [-0.2, -0.15) is 0 Å². The van der Waals surface area contributed by atoms with E-state index < -0.39 is 17.8 Å². The van der Waals surface area contributed by atoms with Gasteiger partial charge in [-0.1, -0.05) is 17.7 Å². The molecule has 6 nitrogen and oxygen atoms in total. The van der Waals surface area contributed by atoms with E-state index in [1.165, 1.54) is 6.08 Å². The van der Waals surface area contributed by atoms with E-state index in [1.807, 2.05) is 38.5 Å². The Morgan fingerprint density at radius 1 is 1.00 bits per heavy atom. The van der Waals surface area contributed by atoms with Crippen molar-refractivity contribution in [2.45, 2.75) is 20.8 Å². The summed E-state index contributed by atoms with van der Waals surface area (Å²) >= 11 is 0. The van der Waals surface area contributed by atoms with E-state index in [2.05, 4.69) is 5.32 Å². The number of rotatable bonds is 2. The van der Waals surface area contributed by atoms with E-state index in [-0.39, 0.29) is 5.57 Å². The highest BCUT2D eigenvalue weighted by Gasteiger charge is 2.36. The van der Waals surface area contributed by atoms with Crippen molar-refractivity contribution >= 4 is 29.6 Å². The third-order valence-electron chi connectivity index (χ3n) is 4.51. The summed E-state index contributed by atoms with van der Waals surface area (Å²) in [4.78, 5) is 38.2. The van der Waals surface area contributed by atoms with Crippen molar-refractivity contribution in [1.29, 1.82) is 0 Å². The van der Waals surface area contributed by atoms with Crippen LogP contribution in [0.25, 0.3) is 6.08 Å². The molecule has 0 atom stereocenters. The van der Waals surface area contributed by atoms with Crippen LogP contribution in [0.2, 0.25) is 0 Å². The number of urea groups is 1. The number of imide groups is 2. The largest absolute Gasteiger partial charge is 0.352 e. The lowest BCUT2D eigenvalue weighted by Gasteiger charge is -2.26. The molecule has 1 fully saturated rings. The number of benzene rings is 1. The molecule has 128 valence electrons. The molecule has 0 saturated carbocycles. The Labute approximate surface area is 145 Å². The molecular formula is C19H19N3O3. The van der Waals surface area contributed by atoms with Crippen LogP contribution in [-0.2, 0) is 16.6 Å². The second-order valence-electron chi connectivity index (χ2n) is 6.18. The Morgan fingerprint density at radius 3 is 2.20 bits per heavy atom. The minimum Gasteiger partial charge on any atom is -0.352 e. The number of aromatic nitrogens is 1. The number of nitrogens with zero attached hydrogens (tertiary/aromatic N) is 2. The van der Waals surface area contributed by atoms with Crippen molar-refractivity contribution in [3.8, 4) is 0 Å². The van der Waals surface area contributed by atoms with Gasteiger partial charge in [0.2, 0.25) is 0 Å². The maximum atomic E-state index is 12.8. The normalized spacial score (nSPS) is 16.6. The highest BCUT2D eigenvalue weighted by molar-refractivity contribution is 6.39. The number of anilines is 1. The Kier molecular flexibility index (Phi) is 4.04. The maximum absolute atomic E-state index is 12.8. The summed E-state index contributed by atoms with van der Waals surface area (Å²) in [6.07, 6.45) is 1.54. The Balaban J connectivity index is 2.05. The third-order valence-corrected chi connectivity index (χ3v) is 4.51. The fraction of sp³-hybridized carbons (Fsp3) is 0.211. The van der Waals surface area contributed by atoms with Gasteiger partial charge in [-0.05, 0) is 50.6 Å². The van der Waals surface area contributed by atoms with Gasteiger partial charge in [0, 0.05) is 18.4 Å². The summed E-state index contributed by atoms with van der Waals surface area (Å²) in [5.41, 5.74) is 4.10. The average Bonchev–Trinajstić information content (AvgIpc) is 2.80. The zero-order valence-electron chi connectivity index (χ0n) is 14.6. The van der Waals surface area contributed by atoms with E-state index in [1.54, 1.807) is 24.3 Å². The number of barbiturate groups is 1. The molecule has 1 aliphatic rings. The number of hydrogen-bond donors (Lipinski definition) is 1. The summed E-state index contributed by atoms with van der Waals surface area (Å²) in [5, 5.41) is 2.24. The van der Waals surface area contributed by atoms with Crippen molar-refractivity contribution in [2.24, 2.45) is 7.05 Å². The minimum absolute atomic E-state index is 0.0612. The molecular weight excluding hydrogens is 318 g/mol. The molecule has 1 aromatic heterocycles. The van der Waals surface area contributed by atoms with Gasteiger partial charge in [0.15, 0.2) is 0 Å². The molecule has 0 aliphatic carbocycles. The summed E-state index contributed by atoms with van der Waals surface area (Å²) in [6.45, 7) is 5.77. The lowest BCUT2D eigenvalue weighted by Crippen LogP contribution is -2.54. The first-order valence-corrected chi connectivity index (χ1v) is 7.90. The van der Waals surface area contributed by atoms with E-state index in [0.29, 0.717) is 5.69 Å². The molecule has 25 heavy (non-hydrogen) atoms. The van der Waals surface area contributed by atoms with Crippen molar-refractivity contribution < 1.29 is 14.4 Å². The second-order valence-corrected chi connectivity index (χ2v) is 6.18. The monoisotopic (exact) mass is 337 g/mol. The van der Waals surface area contributed by atoms with E-state index >= 15 is 0 Å². The van der Waals surface area contributed by atoms with Crippen molar-refractivity contribution in [3.05, 3.63) is 58.4 Å². The Bertz CT molecular complexity index is 920. The summed E-state index contributed by atoms with van der Waals surface area (Å²) in [6, 6.07) is 8.13. The van der Waals surface area contributed by atoms with Gasteiger partial charge in [-0.15, -0.1) is 0 Å². The first-order valence-electron chi connectivity index (χ1n) is 7.90. The molecule has 1 aliphatic heterocycles. The van der Waals surface area contributed by atoms with Crippen LogP contribution in [0.4, 0.5) is 10.5 Å². The van der Waals surface area contributed by atoms with Gasteiger partial charge in [-0.3, -0.25) is 14.9 Å². The molecule has 0 bridgehead atoms. The quantitative estimate of drug-likeness (QED) is 0.676. The lowest BCUT2D eigenvalue weighted by atomic mass is 10.1. The van der Waals surface area contributed by atoms with Gasteiger partial charge in [0.25, 0.3) is 11.8 Å². The molecule has 0 spiro atoms. The van der Waals surface area contributed by atoms with Crippen LogP contribution in [0, 0.1) is 20.8 Å². The van der Waals surface area contributed by atoms with Crippen LogP contribution in [0.1, 0.15) is 22.5 Å².